The zero-order valence-electron chi connectivity index (χ0n) is 15.5. The van der Waals surface area contributed by atoms with E-state index in [-0.39, 0.29) is 12.3 Å². The minimum atomic E-state index is -0.772. The molecule has 0 aliphatic rings. The van der Waals surface area contributed by atoms with E-state index in [0.29, 0.717) is 16.4 Å². The predicted octanol–water partition coefficient (Wildman–Crippen LogP) is 3.86. The van der Waals surface area contributed by atoms with Gasteiger partial charge in [0.2, 0.25) is 5.91 Å². The van der Waals surface area contributed by atoms with E-state index < -0.39 is 12.0 Å². The Bertz CT molecular complexity index is 838. The average Bonchev–Trinajstić information content (AvgIpc) is 2.64. The number of ether oxygens (including phenoxy) is 1. The van der Waals surface area contributed by atoms with Crippen molar-refractivity contribution in [1.29, 1.82) is 0 Å². The quantitative estimate of drug-likeness (QED) is 0.559. The van der Waals surface area contributed by atoms with E-state index in [1.54, 1.807) is 31.2 Å². The van der Waals surface area contributed by atoms with Crippen LogP contribution in [0.1, 0.15) is 30.6 Å². The number of halogens is 1. The highest BCUT2D eigenvalue weighted by atomic mass is 35.5. The summed E-state index contributed by atoms with van der Waals surface area (Å²) in [4.78, 5) is 24.4. The van der Waals surface area contributed by atoms with Crippen LogP contribution < -0.4 is 10.7 Å². The molecule has 0 fully saturated rings. The topological polar surface area (TPSA) is 79.8 Å². The Morgan fingerprint density at radius 3 is 2.52 bits per heavy atom. The van der Waals surface area contributed by atoms with Crippen LogP contribution in [-0.4, -0.2) is 24.6 Å². The van der Waals surface area contributed by atoms with Gasteiger partial charge >= 0.3 is 0 Å². The maximum absolute atomic E-state index is 12.3. The molecule has 1 unspecified atom stereocenters. The molecule has 27 heavy (non-hydrogen) atoms. The van der Waals surface area contributed by atoms with Gasteiger partial charge in [0.1, 0.15) is 0 Å². The summed E-state index contributed by atoms with van der Waals surface area (Å²) in [6, 6.07) is 14.4. The third kappa shape index (κ3) is 6.20. The second-order valence-electron chi connectivity index (χ2n) is 6.04. The van der Waals surface area contributed by atoms with Crippen molar-refractivity contribution in [1.82, 2.24) is 5.43 Å². The van der Waals surface area contributed by atoms with Crippen LogP contribution in [0.4, 0.5) is 5.69 Å². The number of hydrogen-bond donors (Lipinski definition) is 2. The smallest absolute Gasteiger partial charge is 0.273 e. The van der Waals surface area contributed by atoms with Gasteiger partial charge in [0.15, 0.2) is 6.10 Å². The first-order valence-electron chi connectivity index (χ1n) is 8.37. The van der Waals surface area contributed by atoms with E-state index in [2.05, 4.69) is 15.8 Å². The van der Waals surface area contributed by atoms with Gasteiger partial charge in [0, 0.05) is 23.5 Å². The van der Waals surface area contributed by atoms with Crippen LogP contribution >= 0.6 is 11.6 Å². The number of hydrazone groups is 1. The molecule has 0 radical (unpaired) electrons. The van der Waals surface area contributed by atoms with Crippen molar-refractivity contribution in [3.8, 4) is 0 Å². The lowest BCUT2D eigenvalue weighted by atomic mass is 10.1. The number of hydrogen-bond acceptors (Lipinski definition) is 4. The normalized spacial score (nSPS) is 12.4. The summed E-state index contributed by atoms with van der Waals surface area (Å²) in [6.45, 7) is 3.54. The molecule has 7 heteroatoms. The fraction of sp³-hybridized carbons (Fsp3) is 0.250. The van der Waals surface area contributed by atoms with Crippen molar-refractivity contribution in [2.24, 2.45) is 5.10 Å². The zero-order valence-corrected chi connectivity index (χ0v) is 16.2. The molecule has 2 rings (SSSR count). The van der Waals surface area contributed by atoms with Gasteiger partial charge in [-0.25, -0.2) is 5.43 Å². The average molecular weight is 388 g/mol. The molecule has 0 saturated carbocycles. The van der Waals surface area contributed by atoms with Crippen molar-refractivity contribution in [3.63, 3.8) is 0 Å². The van der Waals surface area contributed by atoms with E-state index in [4.69, 9.17) is 16.3 Å². The monoisotopic (exact) mass is 387 g/mol. The Hall–Kier alpha value is -2.70. The zero-order chi connectivity index (χ0) is 19.8. The minimum absolute atomic E-state index is 0.0365. The molecule has 0 heterocycles. The lowest BCUT2D eigenvalue weighted by molar-refractivity contribution is -0.131. The summed E-state index contributed by atoms with van der Waals surface area (Å²) in [6.07, 6.45) is -0.735. The largest absolute Gasteiger partial charge is 0.367 e. The van der Waals surface area contributed by atoms with Crippen LogP contribution in [0.3, 0.4) is 0 Å². The number of rotatable bonds is 7. The van der Waals surface area contributed by atoms with Crippen LogP contribution in [0, 0.1) is 6.92 Å². The maximum atomic E-state index is 12.3. The number of methoxy groups -OCH3 is 1. The Labute approximate surface area is 163 Å². The number of nitrogens with zero attached hydrogens (tertiary/aromatic N) is 1. The van der Waals surface area contributed by atoms with E-state index in [0.717, 1.165) is 11.1 Å². The number of carbonyl (C=O) groups excluding carboxylic acids is 2. The number of carbonyl (C=O) groups is 2. The first-order valence-corrected chi connectivity index (χ1v) is 8.75. The predicted molar refractivity (Wildman–Crippen MR) is 107 cm³/mol. The molecule has 2 amide bonds. The third-order valence-electron chi connectivity index (χ3n) is 3.81. The van der Waals surface area contributed by atoms with Gasteiger partial charge in [0.05, 0.1) is 6.42 Å². The van der Waals surface area contributed by atoms with Gasteiger partial charge < -0.3 is 10.1 Å². The second-order valence-corrected chi connectivity index (χ2v) is 6.45. The van der Waals surface area contributed by atoms with Crippen molar-refractivity contribution in [2.45, 2.75) is 26.4 Å². The molecule has 2 aromatic rings. The van der Waals surface area contributed by atoms with Crippen molar-refractivity contribution >= 4 is 34.8 Å². The highest BCUT2D eigenvalue weighted by molar-refractivity contribution is 6.31. The van der Waals surface area contributed by atoms with Crippen molar-refractivity contribution in [3.05, 3.63) is 64.7 Å². The van der Waals surface area contributed by atoms with Crippen LogP contribution in [0.15, 0.2) is 53.6 Å². The van der Waals surface area contributed by atoms with Gasteiger partial charge in [-0.1, -0.05) is 48.0 Å². The van der Waals surface area contributed by atoms with Gasteiger partial charge in [-0.05, 0) is 37.1 Å². The van der Waals surface area contributed by atoms with E-state index in [9.17, 15) is 9.59 Å². The second kappa shape index (κ2) is 9.85. The molecular weight excluding hydrogens is 366 g/mol. The Kier molecular flexibility index (Phi) is 7.52. The lowest BCUT2D eigenvalue weighted by Gasteiger charge is -2.14. The molecule has 0 saturated heterocycles. The Morgan fingerprint density at radius 1 is 1.19 bits per heavy atom. The standard InChI is InChI=1S/C20H22ClN3O3/c1-13-9-10-16(12-17(13)21)22-18(25)11-14(2)23-24-20(26)19(27-3)15-7-5-4-6-8-15/h4-10,12,19H,11H2,1-3H3,(H,22,25)(H,24,26). The first-order chi connectivity index (χ1) is 12.9. The van der Waals surface area contributed by atoms with Crippen LogP contribution in [0.25, 0.3) is 0 Å². The van der Waals surface area contributed by atoms with Crippen molar-refractivity contribution in [2.75, 3.05) is 12.4 Å². The van der Waals surface area contributed by atoms with Crippen LogP contribution in [0.5, 0.6) is 0 Å². The Morgan fingerprint density at radius 2 is 1.89 bits per heavy atom. The number of amides is 2. The fourth-order valence-electron chi connectivity index (χ4n) is 2.38. The maximum Gasteiger partial charge on any atom is 0.273 e. The lowest BCUT2D eigenvalue weighted by Crippen LogP contribution is -2.28. The number of anilines is 1. The summed E-state index contributed by atoms with van der Waals surface area (Å²) in [5.41, 5.74) is 5.16. The SMILES string of the molecule is COC(C(=O)NN=C(C)CC(=O)Nc1ccc(C)c(Cl)c1)c1ccccc1. The minimum Gasteiger partial charge on any atom is -0.367 e. The molecule has 1 atom stereocenters. The molecule has 0 aliphatic heterocycles. The third-order valence-corrected chi connectivity index (χ3v) is 4.21. The molecule has 142 valence electrons. The highest BCUT2D eigenvalue weighted by Gasteiger charge is 2.19. The molecule has 0 spiro atoms. The fourth-order valence-corrected chi connectivity index (χ4v) is 2.56. The molecule has 0 aliphatic carbocycles. The van der Waals surface area contributed by atoms with E-state index in [1.165, 1.54) is 7.11 Å². The van der Waals surface area contributed by atoms with E-state index in [1.807, 2.05) is 31.2 Å². The molecular formula is C20H22ClN3O3. The Balaban J connectivity index is 1.91. The summed E-state index contributed by atoms with van der Waals surface area (Å²) in [7, 11) is 1.45. The van der Waals surface area contributed by atoms with Gasteiger partial charge in [-0.15, -0.1) is 0 Å². The van der Waals surface area contributed by atoms with Crippen LogP contribution in [0.2, 0.25) is 5.02 Å². The number of benzene rings is 2. The summed E-state index contributed by atoms with van der Waals surface area (Å²) < 4.78 is 5.24. The number of nitrogens with one attached hydrogen (secondary N) is 2. The van der Waals surface area contributed by atoms with Gasteiger partial charge in [0.25, 0.3) is 5.91 Å². The molecule has 2 N–H and O–H groups in total. The number of aryl methyl sites for hydroxylation is 1. The van der Waals surface area contributed by atoms with Gasteiger partial charge in [-0.2, -0.15) is 5.10 Å². The van der Waals surface area contributed by atoms with Crippen LogP contribution in [-0.2, 0) is 14.3 Å². The summed E-state index contributed by atoms with van der Waals surface area (Å²) in [5, 5.41) is 7.31. The molecule has 0 bridgehead atoms. The molecule has 6 nitrogen and oxygen atoms in total. The molecule has 0 aromatic heterocycles. The first kappa shape index (κ1) is 20.6. The summed E-state index contributed by atoms with van der Waals surface area (Å²) in [5.74, 6) is -0.662. The van der Waals surface area contributed by atoms with Crippen molar-refractivity contribution < 1.29 is 14.3 Å². The summed E-state index contributed by atoms with van der Waals surface area (Å²) >= 11 is 6.05. The van der Waals surface area contributed by atoms with Gasteiger partial charge in [-0.3, -0.25) is 9.59 Å². The highest BCUT2D eigenvalue weighted by Crippen LogP contribution is 2.20. The molecule has 2 aromatic carbocycles. The van der Waals surface area contributed by atoms with E-state index >= 15 is 0 Å².